The van der Waals surface area contributed by atoms with Gasteiger partial charge in [0.05, 0.1) is 5.54 Å². The molecule has 0 aromatic carbocycles. The third-order valence-corrected chi connectivity index (χ3v) is 2.69. The molecule has 0 spiro atoms. The van der Waals surface area contributed by atoms with E-state index >= 15 is 0 Å². The molecule has 0 radical (unpaired) electrons. The van der Waals surface area contributed by atoms with Crippen molar-refractivity contribution in [2.24, 2.45) is 5.73 Å². The molecule has 4 heteroatoms. The molecule has 0 aromatic heterocycles. The van der Waals surface area contributed by atoms with E-state index in [9.17, 15) is 0 Å². The molecule has 0 amide bonds. The minimum Gasteiger partial charge on any atom is -0.356 e. The van der Waals surface area contributed by atoms with Gasteiger partial charge in [-0.15, -0.1) is 0 Å². The highest BCUT2D eigenvalue weighted by molar-refractivity contribution is 14.1. The largest absolute Gasteiger partial charge is 0.356 e. The fraction of sp³-hybridized carbons (Fsp3) is 1.00. The van der Waals surface area contributed by atoms with Crippen LogP contribution >= 0.6 is 22.6 Å². The van der Waals surface area contributed by atoms with Gasteiger partial charge in [-0.05, 0) is 35.9 Å². The van der Waals surface area contributed by atoms with Gasteiger partial charge in [-0.2, -0.15) is 0 Å². The molecule has 56 valence electrons. The first kappa shape index (κ1) is 9.61. The monoisotopic (exact) mass is 245 g/mol. The number of hydrogen-bond donors (Lipinski definition) is 3. The summed E-state index contributed by atoms with van der Waals surface area (Å²) in [5.74, 6) is 0. The number of halogens is 1. The van der Waals surface area contributed by atoms with Gasteiger partial charge in [0.2, 0.25) is 3.79 Å². The van der Waals surface area contributed by atoms with Crippen LogP contribution in [0.4, 0.5) is 0 Å². The molecule has 0 aromatic rings. The molecule has 0 aliphatic heterocycles. The second-order valence-corrected chi connectivity index (χ2v) is 3.86. The lowest BCUT2D eigenvalue weighted by Gasteiger charge is -2.32. The van der Waals surface area contributed by atoms with Crippen LogP contribution in [0, 0.1) is 0 Å². The predicted octanol–water partition coefficient (Wildman–Crippen LogP) is 0.187. The quantitative estimate of drug-likeness (QED) is 0.369. The molecule has 9 heavy (non-hydrogen) atoms. The van der Waals surface area contributed by atoms with E-state index in [1.165, 1.54) is 22.6 Å². The Kier molecular flexibility index (Phi) is 2.87. The van der Waals surface area contributed by atoms with Crippen LogP contribution in [-0.4, -0.2) is 19.5 Å². The molecule has 0 saturated heterocycles. The molecule has 0 heterocycles. The van der Waals surface area contributed by atoms with Crippen molar-refractivity contribution >= 4 is 22.6 Å². The molecule has 0 aliphatic carbocycles. The zero-order chi connectivity index (χ0) is 7.71. The molecule has 3 nitrogen and oxygen atoms in total. The number of aliphatic hydroxyl groups is 2. The SMILES string of the molecule is CCC(C)(N)C(O)(O)I. The molecular formula is C5H12INO2. The van der Waals surface area contributed by atoms with E-state index in [0.717, 1.165) is 0 Å². The molecule has 1 unspecified atom stereocenters. The number of hydrogen-bond acceptors (Lipinski definition) is 3. The smallest absolute Gasteiger partial charge is 0.234 e. The van der Waals surface area contributed by atoms with Gasteiger partial charge < -0.3 is 15.9 Å². The van der Waals surface area contributed by atoms with E-state index in [1.807, 2.05) is 0 Å². The van der Waals surface area contributed by atoms with Gasteiger partial charge in [-0.3, -0.25) is 0 Å². The summed E-state index contributed by atoms with van der Waals surface area (Å²) < 4.78 is -1.81. The van der Waals surface area contributed by atoms with Crippen LogP contribution in [0.25, 0.3) is 0 Å². The summed E-state index contributed by atoms with van der Waals surface area (Å²) in [7, 11) is 0. The van der Waals surface area contributed by atoms with Crippen LogP contribution in [0.15, 0.2) is 0 Å². The maximum absolute atomic E-state index is 8.96. The zero-order valence-corrected chi connectivity index (χ0v) is 7.71. The van der Waals surface area contributed by atoms with Crippen molar-refractivity contribution in [3.8, 4) is 0 Å². The lowest BCUT2D eigenvalue weighted by atomic mass is 10.0. The number of alkyl halides is 1. The molecular weight excluding hydrogens is 233 g/mol. The average molecular weight is 245 g/mol. The molecule has 1 atom stereocenters. The van der Waals surface area contributed by atoms with Crippen molar-refractivity contribution in [1.29, 1.82) is 0 Å². The second kappa shape index (κ2) is 2.69. The van der Waals surface area contributed by atoms with Crippen LogP contribution in [0.2, 0.25) is 0 Å². The van der Waals surface area contributed by atoms with E-state index in [-0.39, 0.29) is 0 Å². The number of nitrogens with two attached hydrogens (primary N) is 1. The topological polar surface area (TPSA) is 66.5 Å². The zero-order valence-electron chi connectivity index (χ0n) is 5.56. The number of rotatable bonds is 2. The average Bonchev–Trinajstić information content (AvgIpc) is 1.64. The minimum absolute atomic E-state index is 0.531. The fourth-order valence-corrected chi connectivity index (χ4v) is 0.606. The summed E-state index contributed by atoms with van der Waals surface area (Å²) in [6, 6.07) is 0. The van der Waals surface area contributed by atoms with Crippen molar-refractivity contribution in [1.82, 2.24) is 0 Å². The van der Waals surface area contributed by atoms with Gasteiger partial charge >= 0.3 is 0 Å². The molecule has 4 N–H and O–H groups in total. The molecule has 0 aliphatic rings. The fourth-order valence-electron chi connectivity index (χ4n) is 0.225. The van der Waals surface area contributed by atoms with Gasteiger partial charge in [0, 0.05) is 0 Å². The van der Waals surface area contributed by atoms with E-state index in [2.05, 4.69) is 0 Å². The van der Waals surface area contributed by atoms with E-state index in [4.69, 9.17) is 15.9 Å². The first-order chi connectivity index (χ1) is 3.81. The Morgan fingerprint density at radius 3 is 1.89 bits per heavy atom. The van der Waals surface area contributed by atoms with Crippen LogP contribution in [0.1, 0.15) is 20.3 Å². The Labute approximate surface area is 68.4 Å². The van der Waals surface area contributed by atoms with Crippen LogP contribution in [-0.2, 0) is 0 Å². The highest BCUT2D eigenvalue weighted by Gasteiger charge is 2.38. The summed E-state index contributed by atoms with van der Waals surface area (Å²) in [6.07, 6.45) is 0.531. The second-order valence-electron chi connectivity index (χ2n) is 2.36. The van der Waals surface area contributed by atoms with Crippen LogP contribution < -0.4 is 5.73 Å². The van der Waals surface area contributed by atoms with Crippen molar-refractivity contribution in [3.63, 3.8) is 0 Å². The van der Waals surface area contributed by atoms with Crippen LogP contribution in [0.5, 0.6) is 0 Å². The Bertz CT molecular complexity index is 97.6. The molecule has 0 fully saturated rings. The Balaban J connectivity index is 4.14. The van der Waals surface area contributed by atoms with Gasteiger partial charge in [0.15, 0.2) is 0 Å². The minimum atomic E-state index is -1.81. The predicted molar refractivity (Wildman–Crippen MR) is 44.1 cm³/mol. The maximum atomic E-state index is 8.96. The molecule has 0 saturated carbocycles. The van der Waals surface area contributed by atoms with E-state index < -0.39 is 9.33 Å². The third kappa shape index (κ3) is 2.37. The lowest BCUT2D eigenvalue weighted by molar-refractivity contribution is -0.109. The summed E-state index contributed by atoms with van der Waals surface area (Å²) >= 11 is 1.51. The van der Waals surface area contributed by atoms with Crippen LogP contribution in [0.3, 0.4) is 0 Å². The van der Waals surface area contributed by atoms with Gasteiger partial charge in [0.1, 0.15) is 0 Å². The standard InChI is InChI=1S/C5H12INO2/c1-3-4(2,7)5(6,8)9/h8-9H,3,7H2,1-2H3. The van der Waals surface area contributed by atoms with Crippen molar-refractivity contribution in [2.45, 2.75) is 29.6 Å². The third-order valence-electron chi connectivity index (χ3n) is 1.46. The van der Waals surface area contributed by atoms with Crippen molar-refractivity contribution < 1.29 is 10.2 Å². The highest BCUT2D eigenvalue weighted by atomic mass is 127. The highest BCUT2D eigenvalue weighted by Crippen LogP contribution is 2.26. The normalized spacial score (nSPS) is 19.3. The Hall–Kier alpha value is 0.610. The lowest BCUT2D eigenvalue weighted by Crippen LogP contribution is -2.54. The van der Waals surface area contributed by atoms with Gasteiger partial charge in [0.25, 0.3) is 0 Å². The first-order valence-electron chi connectivity index (χ1n) is 2.74. The summed E-state index contributed by atoms with van der Waals surface area (Å²) in [6.45, 7) is 3.40. The van der Waals surface area contributed by atoms with Gasteiger partial charge in [-0.1, -0.05) is 6.92 Å². The summed E-state index contributed by atoms with van der Waals surface area (Å²) in [5.41, 5.74) is 4.56. The summed E-state index contributed by atoms with van der Waals surface area (Å²) in [4.78, 5) is 0. The Morgan fingerprint density at radius 1 is 1.56 bits per heavy atom. The first-order valence-corrected chi connectivity index (χ1v) is 3.81. The molecule has 0 bridgehead atoms. The van der Waals surface area contributed by atoms with E-state index in [0.29, 0.717) is 6.42 Å². The Morgan fingerprint density at radius 2 is 1.89 bits per heavy atom. The van der Waals surface area contributed by atoms with Crippen molar-refractivity contribution in [3.05, 3.63) is 0 Å². The van der Waals surface area contributed by atoms with Gasteiger partial charge in [-0.25, -0.2) is 0 Å². The molecule has 0 rings (SSSR count). The summed E-state index contributed by atoms with van der Waals surface area (Å²) in [5, 5.41) is 17.9. The maximum Gasteiger partial charge on any atom is 0.234 e. The van der Waals surface area contributed by atoms with E-state index in [1.54, 1.807) is 13.8 Å². The van der Waals surface area contributed by atoms with Crippen molar-refractivity contribution in [2.75, 3.05) is 0 Å².